The van der Waals surface area contributed by atoms with Crippen LogP contribution < -0.4 is 0 Å². The molecule has 0 aromatic heterocycles. The maximum absolute atomic E-state index is 9.08. The van der Waals surface area contributed by atoms with E-state index in [1.54, 1.807) is 0 Å². The second-order valence-electron chi connectivity index (χ2n) is 7.71. The van der Waals surface area contributed by atoms with Crippen LogP contribution in [0.3, 0.4) is 0 Å². The number of benzene rings is 2. The molecule has 0 aliphatic carbocycles. The molecule has 0 aliphatic heterocycles. The summed E-state index contributed by atoms with van der Waals surface area (Å²) < 4.78 is 27.2. The van der Waals surface area contributed by atoms with Gasteiger partial charge in [-0.2, -0.15) is 0 Å². The Balaban J connectivity index is 0. The second-order valence-corrected chi connectivity index (χ2v) is 9.12. The van der Waals surface area contributed by atoms with Crippen molar-refractivity contribution in [1.82, 2.24) is 0 Å². The minimum absolute atomic E-state index is 0. The summed E-state index contributed by atoms with van der Waals surface area (Å²) in [5.41, 5.74) is 4.39. The molecule has 0 amide bonds. The molecule has 164 valence electrons. The molecule has 3 unspecified atom stereocenters. The summed E-state index contributed by atoms with van der Waals surface area (Å²) >= 11 is 0. The normalized spacial score (nSPS) is 13.8. The molecule has 29 heavy (non-hydrogen) atoms. The molecule has 0 aliphatic rings. The predicted molar refractivity (Wildman–Crippen MR) is 126 cm³/mol. The lowest BCUT2D eigenvalue weighted by Gasteiger charge is -2.12. The van der Waals surface area contributed by atoms with E-state index < -0.39 is 10.1 Å². The van der Waals surface area contributed by atoms with E-state index in [1.165, 1.54) is 36.0 Å². The zero-order chi connectivity index (χ0) is 22.4. The second kappa shape index (κ2) is 14.4. The molecular formula is C25H40O3S. The maximum Gasteiger partial charge on any atom is 1.00 e. The number of hydrogen-bond acceptors (Lipinski definition) is 3. The van der Waals surface area contributed by atoms with Crippen LogP contribution >= 0.6 is 0 Å². The third kappa shape index (κ3) is 13.2. The Kier molecular flexibility index (Phi) is 13.5. The first-order valence-corrected chi connectivity index (χ1v) is 12.4. The van der Waals surface area contributed by atoms with E-state index in [1.807, 2.05) is 0 Å². The van der Waals surface area contributed by atoms with E-state index in [9.17, 15) is 0 Å². The van der Waals surface area contributed by atoms with Crippen LogP contribution in [0.5, 0.6) is 0 Å². The summed E-state index contributed by atoms with van der Waals surface area (Å²) in [6.07, 6.45) is 4.28. The van der Waals surface area contributed by atoms with Crippen molar-refractivity contribution in [2.24, 2.45) is 0 Å². The van der Waals surface area contributed by atoms with Gasteiger partial charge in [0.1, 0.15) is 0 Å². The summed E-state index contributed by atoms with van der Waals surface area (Å²) in [7, 11) is -3.92. The highest BCUT2D eigenvalue weighted by Crippen LogP contribution is 2.23. The Labute approximate surface area is 180 Å². The van der Waals surface area contributed by atoms with Crippen molar-refractivity contribution in [3.05, 3.63) is 71.3 Å². The molecule has 0 saturated carbocycles. The van der Waals surface area contributed by atoms with E-state index in [0.717, 1.165) is 0 Å². The summed E-state index contributed by atoms with van der Waals surface area (Å²) in [6, 6.07) is 19.8. The Morgan fingerprint density at radius 1 is 0.690 bits per heavy atom. The average Bonchev–Trinajstić information content (AvgIpc) is 2.72. The highest BCUT2D eigenvalue weighted by Gasteiger charge is 2.05. The lowest BCUT2D eigenvalue weighted by Crippen LogP contribution is -1.94. The molecule has 0 heterocycles. The zero-order valence-corrected chi connectivity index (χ0v) is 20.0. The van der Waals surface area contributed by atoms with Crippen molar-refractivity contribution >= 4 is 10.1 Å². The van der Waals surface area contributed by atoms with Crippen molar-refractivity contribution in [3.63, 3.8) is 0 Å². The van der Waals surface area contributed by atoms with Crippen molar-refractivity contribution in [2.45, 2.75) is 78.6 Å². The lowest BCUT2D eigenvalue weighted by molar-refractivity contribution is 0.470. The van der Waals surface area contributed by atoms with E-state index >= 15 is 0 Å². The van der Waals surface area contributed by atoms with Crippen LogP contribution in [0, 0.1) is 0 Å². The summed E-state index contributed by atoms with van der Waals surface area (Å²) in [4.78, 5) is 0. The van der Waals surface area contributed by atoms with Gasteiger partial charge in [0.25, 0.3) is 0 Å². The van der Waals surface area contributed by atoms with Crippen LogP contribution in [0.15, 0.2) is 54.6 Å². The molecule has 0 radical (unpaired) electrons. The first-order chi connectivity index (χ1) is 13.5. The fraction of sp³-hybridized carbons (Fsp3) is 0.520. The highest BCUT2D eigenvalue weighted by molar-refractivity contribution is 7.84. The minimum atomic E-state index is -3.92. The Morgan fingerprint density at radius 3 is 1.17 bits per heavy atom. The smallest absolute Gasteiger partial charge is 0.748 e. The van der Waals surface area contributed by atoms with Crippen LogP contribution in [-0.2, 0) is 10.1 Å². The molecule has 0 fully saturated rings. The molecule has 2 aromatic carbocycles. The average molecular weight is 421 g/mol. The molecule has 2 aromatic rings. The van der Waals surface area contributed by atoms with Gasteiger partial charge in [-0.15, -0.1) is 0 Å². The van der Waals surface area contributed by atoms with E-state index in [0.29, 0.717) is 24.0 Å². The largest absolute Gasteiger partial charge is 1.00 e. The third-order valence-electron chi connectivity index (χ3n) is 5.28. The van der Waals surface area contributed by atoms with Gasteiger partial charge in [0.05, 0.1) is 10.1 Å². The van der Waals surface area contributed by atoms with Crippen LogP contribution in [-0.4, -0.2) is 19.2 Å². The number of rotatable bonds is 6. The summed E-state index contributed by atoms with van der Waals surface area (Å²) in [6.45, 7) is 13.5. The quantitative estimate of drug-likeness (QED) is 0.465. The monoisotopic (exact) mass is 420 g/mol. The van der Waals surface area contributed by atoms with E-state index in [2.05, 4.69) is 96.1 Å². The Hall–Kier alpha value is -1.65. The van der Waals surface area contributed by atoms with Crippen LogP contribution in [0.1, 0.15) is 96.7 Å². The first-order valence-electron chi connectivity index (χ1n) is 10.6. The van der Waals surface area contributed by atoms with E-state index in [4.69, 9.17) is 13.0 Å². The predicted octanol–water partition coefficient (Wildman–Crippen LogP) is 7.19. The van der Waals surface area contributed by atoms with Gasteiger partial charge in [-0.1, -0.05) is 96.1 Å². The molecule has 0 N–H and O–H groups in total. The first kappa shape index (κ1) is 27.4. The third-order valence-corrected chi connectivity index (χ3v) is 5.28. The Morgan fingerprint density at radius 2 is 0.931 bits per heavy atom. The van der Waals surface area contributed by atoms with Crippen LogP contribution in [0.4, 0.5) is 0 Å². The fourth-order valence-electron chi connectivity index (χ4n) is 2.64. The van der Waals surface area contributed by atoms with Gasteiger partial charge in [-0.25, -0.2) is 8.42 Å². The van der Waals surface area contributed by atoms with Crippen LogP contribution in [0.2, 0.25) is 0 Å². The Bertz CT molecular complexity index is 722. The molecule has 3 nitrogen and oxygen atoms in total. The van der Waals surface area contributed by atoms with Gasteiger partial charge < -0.3 is 4.55 Å². The van der Waals surface area contributed by atoms with E-state index in [-0.39, 0.29) is 1.43 Å². The number of hydrogen-bond donors (Lipinski definition) is 0. The van der Waals surface area contributed by atoms with Crippen molar-refractivity contribution in [3.8, 4) is 0 Å². The van der Waals surface area contributed by atoms with Gasteiger partial charge in [-0.3, -0.25) is 0 Å². The minimum Gasteiger partial charge on any atom is -0.748 e. The molecule has 0 bridgehead atoms. The summed E-state index contributed by atoms with van der Waals surface area (Å²) in [5, 5.41) is 0. The van der Waals surface area contributed by atoms with Crippen molar-refractivity contribution in [1.29, 1.82) is 0 Å². The maximum atomic E-state index is 9.08. The SMILES string of the molecule is CCC(C)c1ccc(C(C)CC)cc1.CCC(C)c1ccccc1.CS(=O)(=O)[O-].[H+]. The van der Waals surface area contributed by atoms with Crippen LogP contribution in [0.25, 0.3) is 0 Å². The molecule has 4 heteroatoms. The van der Waals surface area contributed by atoms with Gasteiger partial charge in [0, 0.05) is 6.26 Å². The molecule has 0 spiro atoms. The van der Waals surface area contributed by atoms with Crippen molar-refractivity contribution < 1.29 is 14.4 Å². The van der Waals surface area contributed by atoms with Gasteiger partial charge in [0.15, 0.2) is 0 Å². The van der Waals surface area contributed by atoms with Gasteiger partial charge in [-0.05, 0) is 53.7 Å². The summed E-state index contributed by atoms with van der Waals surface area (Å²) in [5.74, 6) is 2.10. The zero-order valence-electron chi connectivity index (χ0n) is 20.2. The molecular weight excluding hydrogens is 380 g/mol. The lowest BCUT2D eigenvalue weighted by atomic mass is 9.93. The fourth-order valence-corrected chi connectivity index (χ4v) is 2.64. The highest BCUT2D eigenvalue weighted by atomic mass is 32.2. The van der Waals surface area contributed by atoms with Gasteiger partial charge >= 0.3 is 1.43 Å². The van der Waals surface area contributed by atoms with Gasteiger partial charge in [0.2, 0.25) is 0 Å². The molecule has 2 rings (SSSR count). The molecule has 0 saturated heterocycles. The standard InChI is InChI=1S/C14H22.C10H14.CH4O3S/c1-5-11(3)13-7-9-14(10-8-13)12(4)6-2;1-3-9(2)10-7-5-4-6-8-10;1-5(2,3)4/h7-12H,5-6H2,1-4H3;4-9H,3H2,1-2H3;1H3,(H,2,3,4). The van der Waals surface area contributed by atoms with Crippen molar-refractivity contribution in [2.75, 3.05) is 6.26 Å². The topological polar surface area (TPSA) is 57.2 Å². The molecule has 3 atom stereocenters.